The first-order chi connectivity index (χ1) is 11.3. The SMILES string of the molecule is COC(=O)c1cc(S(=O)(=O)NCCc2ccc(I)cc2)ccc1C. The van der Waals surface area contributed by atoms with Crippen LogP contribution in [0.4, 0.5) is 0 Å². The highest BCUT2D eigenvalue weighted by atomic mass is 127. The Kier molecular flexibility index (Phi) is 6.36. The minimum atomic E-state index is -3.68. The maximum absolute atomic E-state index is 12.4. The third-order valence-corrected chi connectivity index (χ3v) is 5.72. The Hall–Kier alpha value is -1.45. The largest absolute Gasteiger partial charge is 0.465 e. The summed E-state index contributed by atoms with van der Waals surface area (Å²) in [6.45, 7) is 2.01. The first-order valence-corrected chi connectivity index (χ1v) is 9.83. The molecule has 0 spiro atoms. The number of hydrogen-bond acceptors (Lipinski definition) is 4. The second-order valence-corrected chi connectivity index (χ2v) is 8.26. The van der Waals surface area contributed by atoms with Crippen LogP contribution in [0.2, 0.25) is 0 Å². The van der Waals surface area contributed by atoms with Crippen molar-refractivity contribution >= 4 is 38.6 Å². The van der Waals surface area contributed by atoms with Gasteiger partial charge in [-0.15, -0.1) is 0 Å². The van der Waals surface area contributed by atoms with Gasteiger partial charge in [-0.25, -0.2) is 17.9 Å². The summed E-state index contributed by atoms with van der Waals surface area (Å²) in [6, 6.07) is 12.3. The number of rotatable bonds is 6. The normalized spacial score (nSPS) is 11.3. The topological polar surface area (TPSA) is 72.5 Å². The van der Waals surface area contributed by atoms with Crippen molar-refractivity contribution < 1.29 is 17.9 Å². The van der Waals surface area contributed by atoms with E-state index in [1.165, 1.54) is 19.2 Å². The lowest BCUT2D eigenvalue weighted by Crippen LogP contribution is -2.26. The minimum Gasteiger partial charge on any atom is -0.465 e. The number of esters is 1. The fourth-order valence-corrected chi connectivity index (χ4v) is 3.58. The summed E-state index contributed by atoms with van der Waals surface area (Å²) < 4.78 is 33.1. The average Bonchev–Trinajstić information content (AvgIpc) is 2.56. The molecule has 0 heterocycles. The van der Waals surface area contributed by atoms with Gasteiger partial charge in [0.1, 0.15) is 0 Å². The lowest BCUT2D eigenvalue weighted by Gasteiger charge is -2.10. The Balaban J connectivity index is 2.09. The molecule has 0 amide bonds. The molecule has 2 rings (SSSR count). The molecule has 0 fully saturated rings. The highest BCUT2D eigenvalue weighted by Gasteiger charge is 2.18. The Morgan fingerprint density at radius 1 is 1.17 bits per heavy atom. The molecule has 0 unspecified atom stereocenters. The van der Waals surface area contributed by atoms with E-state index in [1.54, 1.807) is 13.0 Å². The van der Waals surface area contributed by atoms with E-state index in [-0.39, 0.29) is 17.0 Å². The number of hydrogen-bond donors (Lipinski definition) is 1. The van der Waals surface area contributed by atoms with E-state index in [1.807, 2.05) is 24.3 Å². The van der Waals surface area contributed by atoms with Gasteiger partial charge in [-0.05, 0) is 71.3 Å². The molecule has 2 aromatic carbocycles. The second kappa shape index (κ2) is 8.09. The van der Waals surface area contributed by atoms with Gasteiger partial charge in [-0.1, -0.05) is 18.2 Å². The predicted molar refractivity (Wildman–Crippen MR) is 101 cm³/mol. The highest BCUT2D eigenvalue weighted by Crippen LogP contribution is 2.16. The van der Waals surface area contributed by atoms with Crippen LogP contribution in [0.1, 0.15) is 21.5 Å². The van der Waals surface area contributed by atoms with Crippen LogP contribution in [0.25, 0.3) is 0 Å². The van der Waals surface area contributed by atoms with Gasteiger partial charge < -0.3 is 4.74 Å². The monoisotopic (exact) mass is 459 g/mol. The summed E-state index contributed by atoms with van der Waals surface area (Å²) >= 11 is 2.22. The Morgan fingerprint density at radius 2 is 1.83 bits per heavy atom. The van der Waals surface area contributed by atoms with Crippen LogP contribution in [-0.4, -0.2) is 28.0 Å². The van der Waals surface area contributed by atoms with Gasteiger partial charge in [-0.3, -0.25) is 0 Å². The molecule has 0 aliphatic heterocycles. The van der Waals surface area contributed by atoms with Crippen molar-refractivity contribution in [2.75, 3.05) is 13.7 Å². The number of carbonyl (C=O) groups excluding carboxylic acids is 1. The molecule has 0 atom stereocenters. The highest BCUT2D eigenvalue weighted by molar-refractivity contribution is 14.1. The summed E-state index contributed by atoms with van der Waals surface area (Å²) in [6.07, 6.45) is 0.589. The first-order valence-electron chi connectivity index (χ1n) is 7.26. The van der Waals surface area contributed by atoms with Crippen molar-refractivity contribution in [3.63, 3.8) is 0 Å². The predicted octanol–water partition coefficient (Wildman–Crippen LogP) is 2.91. The third-order valence-electron chi connectivity index (χ3n) is 3.54. The van der Waals surface area contributed by atoms with Crippen molar-refractivity contribution in [1.82, 2.24) is 4.72 Å². The zero-order valence-corrected chi connectivity index (χ0v) is 16.3. The summed E-state index contributed by atoms with van der Waals surface area (Å²) in [5.41, 5.74) is 1.97. The number of nitrogens with one attached hydrogen (secondary N) is 1. The number of ether oxygens (including phenoxy) is 1. The van der Waals surface area contributed by atoms with Crippen molar-refractivity contribution in [1.29, 1.82) is 0 Å². The third kappa shape index (κ3) is 4.78. The van der Waals surface area contributed by atoms with Gasteiger partial charge in [0.05, 0.1) is 17.6 Å². The number of benzene rings is 2. The molecule has 128 valence electrons. The molecule has 0 aliphatic carbocycles. The number of aryl methyl sites for hydroxylation is 1. The molecular weight excluding hydrogens is 441 g/mol. The van der Waals surface area contributed by atoms with Crippen LogP contribution in [0, 0.1) is 10.5 Å². The van der Waals surface area contributed by atoms with Gasteiger partial charge in [0.15, 0.2) is 0 Å². The molecule has 2 aromatic rings. The van der Waals surface area contributed by atoms with E-state index in [4.69, 9.17) is 0 Å². The molecule has 0 bridgehead atoms. The van der Waals surface area contributed by atoms with E-state index in [2.05, 4.69) is 32.0 Å². The van der Waals surface area contributed by atoms with Crippen LogP contribution < -0.4 is 4.72 Å². The van der Waals surface area contributed by atoms with Crippen molar-refractivity contribution in [3.8, 4) is 0 Å². The molecule has 0 aliphatic rings. The number of methoxy groups -OCH3 is 1. The molecular formula is C17H18INO4S. The molecule has 0 saturated carbocycles. The lowest BCUT2D eigenvalue weighted by molar-refractivity contribution is 0.0599. The molecule has 0 saturated heterocycles. The summed E-state index contributed by atoms with van der Waals surface area (Å²) in [7, 11) is -2.41. The number of sulfonamides is 1. The fourth-order valence-electron chi connectivity index (χ4n) is 2.16. The van der Waals surface area contributed by atoms with E-state index in [0.717, 1.165) is 9.13 Å². The number of halogens is 1. The summed E-state index contributed by atoms with van der Waals surface area (Å²) in [4.78, 5) is 11.8. The van der Waals surface area contributed by atoms with Crippen LogP contribution in [0.15, 0.2) is 47.4 Å². The zero-order valence-electron chi connectivity index (χ0n) is 13.4. The Labute approximate surface area is 155 Å². The van der Waals surface area contributed by atoms with Gasteiger partial charge >= 0.3 is 5.97 Å². The molecule has 5 nitrogen and oxygen atoms in total. The standard InChI is InChI=1S/C17H18INO4S/c1-12-3-8-15(11-16(12)17(20)23-2)24(21,22)19-10-9-13-4-6-14(18)7-5-13/h3-8,11,19H,9-10H2,1-2H3. The van der Waals surface area contributed by atoms with Crippen molar-refractivity contribution in [2.24, 2.45) is 0 Å². The number of carbonyl (C=O) groups is 1. The van der Waals surface area contributed by atoms with Crippen molar-refractivity contribution in [2.45, 2.75) is 18.2 Å². The molecule has 1 N–H and O–H groups in total. The van der Waals surface area contributed by atoms with E-state index in [9.17, 15) is 13.2 Å². The summed E-state index contributed by atoms with van der Waals surface area (Å²) in [5.74, 6) is -0.552. The van der Waals surface area contributed by atoms with Crippen LogP contribution >= 0.6 is 22.6 Å². The molecule has 24 heavy (non-hydrogen) atoms. The van der Waals surface area contributed by atoms with Gasteiger partial charge in [-0.2, -0.15) is 0 Å². The van der Waals surface area contributed by atoms with E-state index in [0.29, 0.717) is 12.0 Å². The van der Waals surface area contributed by atoms with Crippen LogP contribution in [0.3, 0.4) is 0 Å². The average molecular weight is 459 g/mol. The molecule has 0 radical (unpaired) electrons. The maximum atomic E-state index is 12.4. The lowest BCUT2D eigenvalue weighted by atomic mass is 10.1. The Bertz CT molecular complexity index is 832. The molecule has 7 heteroatoms. The Morgan fingerprint density at radius 3 is 2.46 bits per heavy atom. The summed E-state index contributed by atoms with van der Waals surface area (Å²) in [5, 5.41) is 0. The van der Waals surface area contributed by atoms with E-state index < -0.39 is 16.0 Å². The zero-order chi connectivity index (χ0) is 17.7. The van der Waals surface area contributed by atoms with E-state index >= 15 is 0 Å². The first kappa shape index (κ1) is 18.9. The van der Waals surface area contributed by atoms with Crippen molar-refractivity contribution in [3.05, 3.63) is 62.7 Å². The maximum Gasteiger partial charge on any atom is 0.338 e. The van der Waals surface area contributed by atoms with Crippen LogP contribution in [-0.2, 0) is 21.2 Å². The second-order valence-electron chi connectivity index (χ2n) is 5.24. The van der Waals surface area contributed by atoms with Gasteiger partial charge in [0.2, 0.25) is 10.0 Å². The smallest absolute Gasteiger partial charge is 0.338 e. The van der Waals surface area contributed by atoms with Gasteiger partial charge in [0, 0.05) is 10.1 Å². The minimum absolute atomic E-state index is 0.0520. The fraction of sp³-hybridized carbons (Fsp3) is 0.235. The molecule has 0 aromatic heterocycles. The van der Waals surface area contributed by atoms with Gasteiger partial charge in [0.25, 0.3) is 0 Å². The van der Waals surface area contributed by atoms with Crippen LogP contribution in [0.5, 0.6) is 0 Å². The quantitative estimate of drug-likeness (QED) is 0.533.